The minimum Gasteiger partial charge on any atom is -0.478 e. The van der Waals surface area contributed by atoms with Gasteiger partial charge in [0.2, 0.25) is 0 Å². The second kappa shape index (κ2) is 5.67. The molecule has 0 saturated heterocycles. The first kappa shape index (κ1) is 13.5. The van der Waals surface area contributed by atoms with E-state index in [2.05, 4.69) is 19.9 Å². The smallest absolute Gasteiger partial charge is 0.336 e. The van der Waals surface area contributed by atoms with Gasteiger partial charge in [-0.15, -0.1) is 0 Å². The molecule has 0 bridgehead atoms. The summed E-state index contributed by atoms with van der Waals surface area (Å²) in [4.78, 5) is 11.3. The topological polar surface area (TPSA) is 37.3 Å². The van der Waals surface area contributed by atoms with Gasteiger partial charge >= 0.3 is 5.97 Å². The van der Waals surface area contributed by atoms with Crippen LogP contribution in [0.3, 0.4) is 0 Å². The number of aromatic carboxylic acids is 1. The number of carbonyl (C=O) groups is 1. The lowest BCUT2D eigenvalue weighted by molar-refractivity contribution is 0.0696. The van der Waals surface area contributed by atoms with Crippen LogP contribution in [0.4, 0.5) is 0 Å². The number of carboxylic acids is 1. The van der Waals surface area contributed by atoms with Gasteiger partial charge in [-0.05, 0) is 36.5 Å². The molecule has 17 heavy (non-hydrogen) atoms. The molecular weight excluding hydrogens is 212 g/mol. The number of rotatable bonds is 4. The number of carboxylic acid groups (broad SMARTS) is 1. The summed E-state index contributed by atoms with van der Waals surface area (Å²) >= 11 is 0. The molecule has 0 saturated carbocycles. The zero-order chi connectivity index (χ0) is 13.0. The molecule has 1 aromatic rings. The van der Waals surface area contributed by atoms with E-state index in [0.29, 0.717) is 11.5 Å². The predicted molar refractivity (Wildman–Crippen MR) is 71.4 cm³/mol. The van der Waals surface area contributed by atoms with E-state index >= 15 is 0 Å². The molecule has 0 aromatic heterocycles. The quantitative estimate of drug-likeness (QED) is 0.850. The van der Waals surface area contributed by atoms with Crippen LogP contribution >= 0.6 is 0 Å². The van der Waals surface area contributed by atoms with E-state index in [1.165, 1.54) is 0 Å². The van der Waals surface area contributed by atoms with Crippen LogP contribution in [0.25, 0.3) is 6.08 Å². The number of hydrogen-bond acceptors (Lipinski definition) is 1. The van der Waals surface area contributed by atoms with Gasteiger partial charge in [0.05, 0.1) is 5.56 Å². The summed E-state index contributed by atoms with van der Waals surface area (Å²) in [6, 6.07) is 3.83. The van der Waals surface area contributed by atoms with Gasteiger partial charge in [-0.1, -0.05) is 44.6 Å². The molecule has 0 fully saturated rings. The van der Waals surface area contributed by atoms with Crippen molar-refractivity contribution in [1.29, 1.82) is 0 Å². The lowest BCUT2D eigenvalue weighted by Gasteiger charge is -2.09. The molecule has 1 atom stereocenters. The van der Waals surface area contributed by atoms with E-state index in [1.807, 2.05) is 32.1 Å². The van der Waals surface area contributed by atoms with Crippen LogP contribution in [0, 0.1) is 19.8 Å². The molecule has 0 amide bonds. The number of benzene rings is 1. The Kier molecular flexibility index (Phi) is 4.50. The van der Waals surface area contributed by atoms with Gasteiger partial charge in [-0.2, -0.15) is 0 Å². The van der Waals surface area contributed by atoms with E-state index in [-0.39, 0.29) is 0 Å². The molecule has 2 heteroatoms. The van der Waals surface area contributed by atoms with Gasteiger partial charge in [0.25, 0.3) is 0 Å². The second-order valence-electron chi connectivity index (χ2n) is 4.54. The van der Waals surface area contributed by atoms with Gasteiger partial charge in [-0.3, -0.25) is 0 Å². The highest BCUT2D eigenvalue weighted by molar-refractivity contribution is 5.94. The van der Waals surface area contributed by atoms with Crippen LogP contribution in [0.2, 0.25) is 0 Å². The average Bonchev–Trinajstić information content (AvgIpc) is 2.28. The molecule has 92 valence electrons. The van der Waals surface area contributed by atoms with Gasteiger partial charge in [0.15, 0.2) is 0 Å². The van der Waals surface area contributed by atoms with E-state index in [4.69, 9.17) is 0 Å². The summed E-state index contributed by atoms with van der Waals surface area (Å²) in [5.41, 5.74) is 3.07. The first-order valence-electron chi connectivity index (χ1n) is 5.99. The van der Waals surface area contributed by atoms with E-state index in [9.17, 15) is 9.90 Å². The summed E-state index contributed by atoms with van der Waals surface area (Å²) in [6.45, 7) is 8.03. The Morgan fingerprint density at radius 3 is 2.47 bits per heavy atom. The third-order valence-electron chi connectivity index (χ3n) is 3.12. The van der Waals surface area contributed by atoms with Gasteiger partial charge in [0.1, 0.15) is 0 Å². The highest BCUT2D eigenvalue weighted by atomic mass is 16.4. The largest absolute Gasteiger partial charge is 0.478 e. The number of aryl methyl sites for hydroxylation is 2. The molecule has 0 radical (unpaired) electrons. The van der Waals surface area contributed by atoms with E-state index in [0.717, 1.165) is 23.1 Å². The number of allylic oxidation sites excluding steroid dienone is 1. The molecule has 0 heterocycles. The van der Waals surface area contributed by atoms with Gasteiger partial charge < -0.3 is 5.11 Å². The highest BCUT2D eigenvalue weighted by Crippen LogP contribution is 2.21. The molecule has 0 aliphatic heterocycles. The van der Waals surface area contributed by atoms with E-state index < -0.39 is 5.97 Å². The van der Waals surface area contributed by atoms with Gasteiger partial charge in [-0.25, -0.2) is 4.79 Å². The monoisotopic (exact) mass is 232 g/mol. The van der Waals surface area contributed by atoms with Crippen molar-refractivity contribution < 1.29 is 9.90 Å². The van der Waals surface area contributed by atoms with Crippen molar-refractivity contribution in [3.63, 3.8) is 0 Å². The Bertz CT molecular complexity index is 444. The summed E-state index contributed by atoms with van der Waals surface area (Å²) in [5.74, 6) is -0.383. The van der Waals surface area contributed by atoms with Crippen molar-refractivity contribution >= 4 is 12.0 Å². The van der Waals surface area contributed by atoms with Gasteiger partial charge in [0, 0.05) is 0 Å². The molecule has 0 aliphatic carbocycles. The maximum absolute atomic E-state index is 11.3. The third kappa shape index (κ3) is 3.19. The average molecular weight is 232 g/mol. The SMILES string of the molecule is CCC(C)/C=C\c1c(C)ccc(C)c1C(=O)O. The minimum absolute atomic E-state index is 0.421. The molecule has 1 unspecified atom stereocenters. The summed E-state index contributed by atoms with van der Waals surface area (Å²) in [5, 5.41) is 9.26. The first-order chi connectivity index (χ1) is 7.97. The summed E-state index contributed by atoms with van der Waals surface area (Å²) in [7, 11) is 0. The Morgan fingerprint density at radius 1 is 1.35 bits per heavy atom. The molecule has 1 N–H and O–H groups in total. The minimum atomic E-state index is -0.852. The van der Waals surface area contributed by atoms with E-state index in [1.54, 1.807) is 0 Å². The van der Waals surface area contributed by atoms with Crippen LogP contribution in [0.1, 0.15) is 47.3 Å². The van der Waals surface area contributed by atoms with Crippen molar-refractivity contribution in [3.8, 4) is 0 Å². The fraction of sp³-hybridized carbons (Fsp3) is 0.400. The zero-order valence-corrected chi connectivity index (χ0v) is 10.9. The summed E-state index contributed by atoms with van der Waals surface area (Å²) < 4.78 is 0. The standard InChI is InChI=1S/C15H20O2/c1-5-10(2)6-9-13-11(3)7-8-12(4)14(13)15(16)17/h6-10H,5H2,1-4H3,(H,16,17)/b9-6-. The van der Waals surface area contributed by atoms with Crippen LogP contribution < -0.4 is 0 Å². The zero-order valence-electron chi connectivity index (χ0n) is 10.9. The molecule has 0 spiro atoms. The normalized spacial score (nSPS) is 12.9. The maximum atomic E-state index is 11.3. The Hall–Kier alpha value is -1.57. The fourth-order valence-electron chi connectivity index (χ4n) is 1.73. The first-order valence-corrected chi connectivity index (χ1v) is 5.99. The van der Waals surface area contributed by atoms with Crippen LogP contribution in [-0.4, -0.2) is 11.1 Å². The predicted octanol–water partition coefficient (Wildman–Crippen LogP) is 4.06. The maximum Gasteiger partial charge on any atom is 0.336 e. The Balaban J connectivity index is 3.26. The fourth-order valence-corrected chi connectivity index (χ4v) is 1.73. The van der Waals surface area contributed by atoms with Crippen molar-refractivity contribution in [2.45, 2.75) is 34.1 Å². The van der Waals surface area contributed by atoms with Crippen molar-refractivity contribution in [1.82, 2.24) is 0 Å². The third-order valence-corrected chi connectivity index (χ3v) is 3.12. The molecular formula is C15H20O2. The van der Waals surface area contributed by atoms with Crippen molar-refractivity contribution in [2.24, 2.45) is 5.92 Å². The second-order valence-corrected chi connectivity index (χ2v) is 4.54. The van der Waals surface area contributed by atoms with Crippen molar-refractivity contribution in [2.75, 3.05) is 0 Å². The van der Waals surface area contributed by atoms with Crippen LogP contribution in [-0.2, 0) is 0 Å². The molecule has 1 aromatic carbocycles. The molecule has 1 rings (SSSR count). The highest BCUT2D eigenvalue weighted by Gasteiger charge is 2.13. The van der Waals surface area contributed by atoms with Crippen molar-refractivity contribution in [3.05, 3.63) is 40.5 Å². The lowest BCUT2D eigenvalue weighted by atomic mass is 9.95. The summed E-state index contributed by atoms with van der Waals surface area (Å²) in [6.07, 6.45) is 5.08. The Labute approximate surface area is 103 Å². The molecule has 2 nitrogen and oxygen atoms in total. The van der Waals surface area contributed by atoms with Crippen LogP contribution in [0.15, 0.2) is 18.2 Å². The lowest BCUT2D eigenvalue weighted by Crippen LogP contribution is -2.04. The van der Waals surface area contributed by atoms with Crippen LogP contribution in [0.5, 0.6) is 0 Å². The number of hydrogen-bond donors (Lipinski definition) is 1. The molecule has 0 aliphatic rings. The Morgan fingerprint density at radius 2 is 1.94 bits per heavy atom.